The molecule has 0 bridgehead atoms. The van der Waals surface area contributed by atoms with Crippen LogP contribution in [0.2, 0.25) is 0 Å². The molecule has 12 heteroatoms. The normalized spacial score (nSPS) is 9.83. The molecular formula is H4CrNO8P2. The Kier molecular flexibility index (Phi) is 15.9. The summed E-state index contributed by atoms with van der Waals surface area (Å²) in [5, 5.41) is 0. The zero-order valence-corrected chi connectivity index (χ0v) is 8.63. The molecule has 0 heterocycles. The third-order valence-corrected chi connectivity index (χ3v) is 0. The van der Waals surface area contributed by atoms with Gasteiger partial charge in [0.05, 0.1) is 0 Å². The molecule has 0 aromatic heterocycles. The predicted molar refractivity (Wildman–Crippen MR) is 21.2 cm³/mol. The molecule has 1 radical (unpaired) electrons. The van der Waals surface area contributed by atoms with E-state index in [9.17, 15) is 0 Å². The summed E-state index contributed by atoms with van der Waals surface area (Å²) >= 11 is 0. The van der Waals surface area contributed by atoms with Gasteiger partial charge in [-0.15, -0.1) is 0 Å². The number of rotatable bonds is 0. The summed E-state index contributed by atoms with van der Waals surface area (Å²) in [6.45, 7) is 0. The molecule has 0 amide bonds. The summed E-state index contributed by atoms with van der Waals surface area (Å²) in [7, 11) is -10.8. The van der Waals surface area contributed by atoms with Crippen molar-refractivity contribution >= 4 is 15.6 Å². The van der Waals surface area contributed by atoms with E-state index in [-0.39, 0.29) is 23.5 Å². The average Bonchev–Trinajstić information content (AvgIpc) is 1.12. The number of hydrogen-bond acceptors (Lipinski definition) is 8. The van der Waals surface area contributed by atoms with Crippen molar-refractivity contribution in [2.75, 3.05) is 0 Å². The van der Waals surface area contributed by atoms with E-state index in [2.05, 4.69) is 0 Å². The van der Waals surface area contributed by atoms with E-state index in [0.29, 0.717) is 0 Å². The summed E-state index contributed by atoms with van der Waals surface area (Å²) in [4.78, 5) is 51.3. The minimum atomic E-state index is -5.39. The van der Waals surface area contributed by atoms with E-state index in [0.717, 1.165) is 0 Å². The molecule has 12 heavy (non-hydrogen) atoms. The zero-order chi connectivity index (χ0) is 9.00. The van der Waals surface area contributed by atoms with Crippen LogP contribution in [-0.2, 0) is 26.5 Å². The van der Waals surface area contributed by atoms with E-state index in [1.807, 2.05) is 0 Å². The van der Waals surface area contributed by atoms with Gasteiger partial charge in [0.15, 0.2) is 0 Å². The molecule has 73 valence electrons. The summed E-state index contributed by atoms with van der Waals surface area (Å²) < 4.78 is 17.1. The minimum Gasteiger partial charge on any atom is -0.822 e. The van der Waals surface area contributed by atoms with E-state index in [1.54, 1.807) is 0 Å². The molecule has 0 unspecified atom stereocenters. The van der Waals surface area contributed by atoms with Crippen molar-refractivity contribution < 1.29 is 55.9 Å². The molecule has 0 fully saturated rings. The largest absolute Gasteiger partial charge is 5.00 e. The molecule has 0 aliphatic carbocycles. The Hall–Kier alpha value is 0.712. The van der Waals surface area contributed by atoms with Gasteiger partial charge in [-0.25, -0.2) is 0 Å². The molecule has 0 atom stereocenters. The van der Waals surface area contributed by atoms with Crippen LogP contribution in [0.25, 0.3) is 0 Å². The summed E-state index contributed by atoms with van der Waals surface area (Å²) in [5.41, 5.74) is 0. The van der Waals surface area contributed by atoms with Crippen LogP contribution in [-0.4, -0.2) is 0 Å². The Morgan fingerprint density at radius 2 is 0.667 bits per heavy atom. The second-order valence-corrected chi connectivity index (χ2v) is 2.68. The zero-order valence-electron chi connectivity index (χ0n) is 5.57. The number of phosphoric acid groups is 2. The molecule has 0 aromatic carbocycles. The molecule has 0 saturated carbocycles. The van der Waals surface area contributed by atoms with Crippen LogP contribution >= 0.6 is 15.6 Å². The van der Waals surface area contributed by atoms with Gasteiger partial charge in [0.1, 0.15) is 0 Å². The first-order chi connectivity index (χ1) is 4.00. The maximum absolute atomic E-state index is 8.55. The van der Waals surface area contributed by atoms with Crippen LogP contribution in [0, 0.1) is 0 Å². The van der Waals surface area contributed by atoms with Crippen molar-refractivity contribution in [2.24, 2.45) is 0 Å². The number of hydrogen-bond donors (Lipinski definition) is 1. The topological polar surface area (TPSA) is 209 Å². The Labute approximate surface area is 78.3 Å². The Morgan fingerprint density at radius 3 is 0.667 bits per heavy atom. The maximum atomic E-state index is 8.55. The average molecular weight is 260 g/mol. The fourth-order valence-electron chi connectivity index (χ4n) is 0. The monoisotopic (exact) mass is 260 g/mol. The van der Waals surface area contributed by atoms with Gasteiger partial charge >= 0.3 is 17.4 Å². The van der Waals surface area contributed by atoms with Crippen molar-refractivity contribution in [3.05, 3.63) is 0 Å². The maximum Gasteiger partial charge on any atom is 5.00 e. The van der Waals surface area contributed by atoms with Crippen LogP contribution in [0.5, 0.6) is 0 Å². The Morgan fingerprint density at radius 1 is 0.667 bits per heavy atom. The third-order valence-electron chi connectivity index (χ3n) is 0. The molecule has 0 aromatic rings. The predicted octanol–water partition coefficient (Wildman–Crippen LogP) is -5.28. The molecular weight excluding hydrogens is 256 g/mol. The second kappa shape index (κ2) is 8.32. The molecule has 9 nitrogen and oxygen atoms in total. The van der Waals surface area contributed by atoms with E-state index in [4.69, 9.17) is 38.5 Å². The third kappa shape index (κ3) is 1990. The van der Waals surface area contributed by atoms with Gasteiger partial charge in [-0.1, -0.05) is 0 Å². The van der Waals surface area contributed by atoms with Gasteiger partial charge in [0, 0.05) is 0 Å². The van der Waals surface area contributed by atoms with Gasteiger partial charge in [0.2, 0.25) is 0 Å². The molecule has 0 saturated heterocycles. The van der Waals surface area contributed by atoms with Crippen molar-refractivity contribution in [3.63, 3.8) is 0 Å². The van der Waals surface area contributed by atoms with Crippen molar-refractivity contribution in [1.29, 1.82) is 0 Å². The van der Waals surface area contributed by atoms with Crippen LogP contribution in [0.15, 0.2) is 0 Å². The molecule has 0 aliphatic heterocycles. The van der Waals surface area contributed by atoms with Crippen LogP contribution < -0.4 is 35.5 Å². The van der Waals surface area contributed by atoms with Gasteiger partial charge in [-0.3, -0.25) is 0 Å². The summed E-state index contributed by atoms with van der Waals surface area (Å²) in [6, 6.07) is 0. The summed E-state index contributed by atoms with van der Waals surface area (Å²) in [6.07, 6.45) is 0. The van der Waals surface area contributed by atoms with Crippen molar-refractivity contribution in [2.45, 2.75) is 0 Å². The van der Waals surface area contributed by atoms with E-state index >= 15 is 0 Å². The van der Waals surface area contributed by atoms with Gasteiger partial charge in [0.25, 0.3) is 0 Å². The van der Waals surface area contributed by atoms with Gasteiger partial charge in [-0.05, 0) is 0 Å². The van der Waals surface area contributed by atoms with Crippen LogP contribution in [0.3, 0.4) is 0 Å². The smallest absolute Gasteiger partial charge is 0.822 e. The van der Waals surface area contributed by atoms with Crippen molar-refractivity contribution in [3.8, 4) is 0 Å². The number of quaternary nitrogens is 1. The minimum absolute atomic E-state index is 0. The molecule has 4 N–H and O–H groups in total. The Bertz CT molecular complexity index is 129. The van der Waals surface area contributed by atoms with Crippen LogP contribution in [0.1, 0.15) is 0 Å². The summed E-state index contributed by atoms with van der Waals surface area (Å²) in [5.74, 6) is 0. The molecule has 0 spiro atoms. The van der Waals surface area contributed by atoms with Gasteiger partial charge < -0.3 is 44.6 Å². The standard InChI is InChI=1S/Cr.H3N.2H3O4P/c;;2*1-5(2,3)4/h;1H3;2*(H3,1,2,3,4)/q+5;;;/p-5. The van der Waals surface area contributed by atoms with Crippen molar-refractivity contribution in [1.82, 2.24) is 6.15 Å². The van der Waals surface area contributed by atoms with Gasteiger partial charge in [-0.2, -0.15) is 15.6 Å². The molecule has 0 aliphatic rings. The fourth-order valence-corrected chi connectivity index (χ4v) is 0. The van der Waals surface area contributed by atoms with E-state index in [1.165, 1.54) is 0 Å². The first-order valence-electron chi connectivity index (χ1n) is 1.46. The fraction of sp³-hybridized carbons (Fsp3) is 0. The van der Waals surface area contributed by atoms with E-state index < -0.39 is 15.6 Å². The molecule has 0 rings (SSSR count). The van der Waals surface area contributed by atoms with Crippen LogP contribution in [0.4, 0.5) is 0 Å². The Balaban J connectivity index is -0.0000000457. The first kappa shape index (κ1) is 23.0. The quantitative estimate of drug-likeness (QED) is 0.414. The first-order valence-corrected chi connectivity index (χ1v) is 4.38. The second-order valence-electron chi connectivity index (χ2n) is 0.894. The SMILES string of the molecule is O=P([O-])([O-])[O-].O=P([O-])([O-])[O-].[Cr+5].[NH4+].